The monoisotopic (exact) mass is 359 g/mol. The van der Waals surface area contributed by atoms with Gasteiger partial charge in [-0.1, -0.05) is 30.0 Å². The highest BCUT2D eigenvalue weighted by atomic mass is 32.2. The Morgan fingerprint density at radius 3 is 2.55 bits per heavy atom. The van der Waals surface area contributed by atoms with Gasteiger partial charge in [0.2, 0.25) is 0 Å². The van der Waals surface area contributed by atoms with Gasteiger partial charge >= 0.3 is 0 Å². The minimum Gasteiger partial charge on any atom is -0.258 e. The van der Waals surface area contributed by atoms with Crippen LogP contribution in [-0.4, -0.2) is 40.8 Å². The molecule has 0 aliphatic heterocycles. The molecule has 0 aliphatic rings. The molecular formula is C12H13N3O4S3. The molecule has 0 spiro atoms. The van der Waals surface area contributed by atoms with E-state index in [4.69, 9.17) is 0 Å². The van der Waals surface area contributed by atoms with E-state index < -0.39 is 14.8 Å². The van der Waals surface area contributed by atoms with Gasteiger partial charge in [0.05, 0.1) is 10.7 Å². The van der Waals surface area contributed by atoms with Crippen LogP contribution in [0.4, 0.5) is 5.69 Å². The molecule has 0 aliphatic carbocycles. The standard InChI is InChI=1S/C12H13N3O4S3/c1-2-22(18,19)8-7-20-12-14-13-11(21-12)9-3-5-10(6-4-9)15(16)17/h3-6H,2,7-8H2,1H3. The molecular weight excluding hydrogens is 346 g/mol. The molecule has 0 N–H and O–H groups in total. The van der Waals surface area contributed by atoms with E-state index in [0.29, 0.717) is 15.1 Å². The lowest BCUT2D eigenvalue weighted by Gasteiger charge is -1.98. The molecule has 1 aromatic carbocycles. The highest BCUT2D eigenvalue weighted by molar-refractivity contribution is 8.02. The second-order valence-electron chi connectivity index (χ2n) is 4.26. The molecule has 0 saturated carbocycles. The Labute approximate surface area is 135 Å². The fourth-order valence-electron chi connectivity index (χ4n) is 1.51. The molecule has 1 heterocycles. The number of nitro benzene ring substituents is 1. The summed E-state index contributed by atoms with van der Waals surface area (Å²) in [6, 6.07) is 6.07. The van der Waals surface area contributed by atoms with E-state index in [2.05, 4.69) is 10.2 Å². The van der Waals surface area contributed by atoms with Crippen LogP contribution in [0, 0.1) is 10.1 Å². The van der Waals surface area contributed by atoms with Crippen LogP contribution in [0.15, 0.2) is 28.6 Å². The molecule has 0 atom stereocenters. The van der Waals surface area contributed by atoms with Crippen molar-refractivity contribution in [3.8, 4) is 10.6 Å². The van der Waals surface area contributed by atoms with Gasteiger partial charge < -0.3 is 0 Å². The molecule has 22 heavy (non-hydrogen) atoms. The highest BCUT2D eigenvalue weighted by Crippen LogP contribution is 2.30. The molecule has 2 aromatic rings. The average Bonchev–Trinajstić information content (AvgIpc) is 2.96. The molecule has 0 unspecified atom stereocenters. The predicted octanol–water partition coefficient (Wildman–Crippen LogP) is 2.64. The van der Waals surface area contributed by atoms with E-state index in [0.717, 1.165) is 5.56 Å². The van der Waals surface area contributed by atoms with Gasteiger partial charge in [-0.3, -0.25) is 10.1 Å². The van der Waals surface area contributed by atoms with Crippen LogP contribution in [0.3, 0.4) is 0 Å². The minimum atomic E-state index is -2.98. The molecule has 0 fully saturated rings. The Morgan fingerprint density at radius 1 is 1.27 bits per heavy atom. The fraction of sp³-hybridized carbons (Fsp3) is 0.333. The fourth-order valence-corrected chi connectivity index (χ4v) is 4.73. The number of rotatable bonds is 7. The summed E-state index contributed by atoms with van der Waals surface area (Å²) in [5, 5.41) is 19.3. The van der Waals surface area contributed by atoms with Gasteiger partial charge in [0, 0.05) is 29.2 Å². The number of nitrogens with zero attached hydrogens (tertiary/aromatic N) is 3. The molecule has 118 valence electrons. The third kappa shape index (κ3) is 4.49. The number of nitro groups is 1. The number of hydrogen-bond donors (Lipinski definition) is 0. The lowest BCUT2D eigenvalue weighted by atomic mass is 10.2. The second-order valence-corrected chi connectivity index (χ2v) is 9.05. The minimum absolute atomic E-state index is 0.0210. The first-order valence-electron chi connectivity index (χ1n) is 6.33. The van der Waals surface area contributed by atoms with Gasteiger partial charge in [-0.2, -0.15) is 0 Å². The molecule has 10 heteroatoms. The Morgan fingerprint density at radius 2 is 1.95 bits per heavy atom. The van der Waals surface area contributed by atoms with Crippen molar-refractivity contribution >= 4 is 38.6 Å². The van der Waals surface area contributed by atoms with E-state index in [1.165, 1.54) is 35.2 Å². The molecule has 0 radical (unpaired) electrons. The Bertz CT molecular complexity index is 756. The van der Waals surface area contributed by atoms with Crippen LogP contribution in [-0.2, 0) is 9.84 Å². The van der Waals surface area contributed by atoms with Crippen LogP contribution in [0.1, 0.15) is 6.92 Å². The quantitative estimate of drug-likeness (QED) is 0.425. The highest BCUT2D eigenvalue weighted by Gasteiger charge is 2.12. The summed E-state index contributed by atoms with van der Waals surface area (Å²) >= 11 is 2.68. The van der Waals surface area contributed by atoms with Crippen molar-refractivity contribution in [3.63, 3.8) is 0 Å². The van der Waals surface area contributed by atoms with E-state index in [1.54, 1.807) is 19.1 Å². The zero-order valence-electron chi connectivity index (χ0n) is 11.6. The van der Waals surface area contributed by atoms with Crippen LogP contribution in [0.2, 0.25) is 0 Å². The zero-order valence-corrected chi connectivity index (χ0v) is 14.1. The normalized spacial score (nSPS) is 11.5. The van der Waals surface area contributed by atoms with Crippen molar-refractivity contribution in [1.82, 2.24) is 10.2 Å². The number of benzene rings is 1. The predicted molar refractivity (Wildman–Crippen MR) is 87.1 cm³/mol. The zero-order chi connectivity index (χ0) is 16.2. The summed E-state index contributed by atoms with van der Waals surface area (Å²) in [4.78, 5) is 10.1. The maximum atomic E-state index is 11.4. The summed E-state index contributed by atoms with van der Waals surface area (Å²) in [7, 11) is -2.98. The Hall–Kier alpha value is -1.52. The van der Waals surface area contributed by atoms with Gasteiger partial charge in [-0.25, -0.2) is 8.42 Å². The molecule has 1 aromatic heterocycles. The largest absolute Gasteiger partial charge is 0.269 e. The van der Waals surface area contributed by atoms with E-state index in [-0.39, 0.29) is 17.2 Å². The van der Waals surface area contributed by atoms with E-state index >= 15 is 0 Å². The number of hydrogen-bond acceptors (Lipinski definition) is 8. The summed E-state index contributed by atoms with van der Waals surface area (Å²) in [5.74, 6) is 0.684. The number of thioether (sulfide) groups is 1. The van der Waals surface area contributed by atoms with Gasteiger partial charge in [0.25, 0.3) is 5.69 Å². The summed E-state index contributed by atoms with van der Waals surface area (Å²) in [6.45, 7) is 1.62. The maximum absolute atomic E-state index is 11.4. The van der Waals surface area contributed by atoms with E-state index in [1.807, 2.05) is 0 Å². The third-order valence-corrected chi connectivity index (χ3v) is 6.86. The van der Waals surface area contributed by atoms with E-state index in [9.17, 15) is 18.5 Å². The molecule has 2 rings (SSSR count). The second kappa shape index (κ2) is 7.16. The lowest BCUT2D eigenvalue weighted by molar-refractivity contribution is -0.384. The number of aromatic nitrogens is 2. The van der Waals surface area contributed by atoms with Crippen LogP contribution < -0.4 is 0 Å². The van der Waals surface area contributed by atoms with Crippen molar-refractivity contribution in [2.75, 3.05) is 17.3 Å². The van der Waals surface area contributed by atoms with Crippen molar-refractivity contribution in [3.05, 3.63) is 34.4 Å². The van der Waals surface area contributed by atoms with Gasteiger partial charge in [0.1, 0.15) is 5.01 Å². The van der Waals surface area contributed by atoms with Gasteiger partial charge in [0.15, 0.2) is 14.2 Å². The smallest absolute Gasteiger partial charge is 0.258 e. The lowest BCUT2D eigenvalue weighted by Crippen LogP contribution is -2.10. The molecule has 7 nitrogen and oxygen atoms in total. The van der Waals surface area contributed by atoms with Crippen molar-refractivity contribution in [2.45, 2.75) is 11.3 Å². The molecule has 0 saturated heterocycles. The first-order chi connectivity index (χ1) is 10.4. The van der Waals surface area contributed by atoms with Gasteiger partial charge in [-0.05, 0) is 12.1 Å². The first-order valence-corrected chi connectivity index (χ1v) is 9.95. The average molecular weight is 359 g/mol. The SMILES string of the molecule is CCS(=O)(=O)CCSc1nnc(-c2ccc([N+](=O)[O-])cc2)s1. The van der Waals surface area contributed by atoms with Gasteiger partial charge in [-0.15, -0.1) is 10.2 Å². The maximum Gasteiger partial charge on any atom is 0.269 e. The Balaban J connectivity index is 2.00. The molecule has 0 bridgehead atoms. The topological polar surface area (TPSA) is 103 Å². The van der Waals surface area contributed by atoms with Crippen LogP contribution >= 0.6 is 23.1 Å². The first kappa shape index (κ1) is 16.8. The van der Waals surface area contributed by atoms with Crippen molar-refractivity contribution in [2.24, 2.45) is 0 Å². The number of non-ortho nitro benzene ring substituents is 1. The summed E-state index contributed by atoms with van der Waals surface area (Å²) in [5.41, 5.74) is 0.767. The summed E-state index contributed by atoms with van der Waals surface area (Å²) in [6.07, 6.45) is 0. The number of sulfone groups is 1. The Kier molecular flexibility index (Phi) is 5.48. The summed E-state index contributed by atoms with van der Waals surface area (Å²) < 4.78 is 23.5. The third-order valence-electron chi connectivity index (χ3n) is 2.79. The van der Waals surface area contributed by atoms with Crippen molar-refractivity contribution in [1.29, 1.82) is 0 Å². The van der Waals surface area contributed by atoms with Crippen LogP contribution in [0.25, 0.3) is 10.6 Å². The van der Waals surface area contributed by atoms with Crippen molar-refractivity contribution < 1.29 is 13.3 Å². The molecule has 0 amide bonds. The van der Waals surface area contributed by atoms with Crippen LogP contribution in [0.5, 0.6) is 0 Å².